The predicted octanol–water partition coefficient (Wildman–Crippen LogP) is 3.68. The van der Waals surface area contributed by atoms with Crippen molar-refractivity contribution in [3.8, 4) is 0 Å². The maximum Gasteiger partial charge on any atom is 0.133 e. The Hall–Kier alpha value is -1.49. The minimum atomic E-state index is 0.191. The minimum absolute atomic E-state index is 0.191. The first-order valence-electron chi connectivity index (χ1n) is 7.25. The van der Waals surface area contributed by atoms with Crippen molar-refractivity contribution in [3.63, 3.8) is 0 Å². The van der Waals surface area contributed by atoms with Crippen LogP contribution in [0.25, 0.3) is 0 Å². The smallest absolute Gasteiger partial charge is 0.133 e. The fourth-order valence-corrected chi connectivity index (χ4v) is 3.44. The Balaban J connectivity index is 1.84. The van der Waals surface area contributed by atoms with E-state index in [1.807, 2.05) is 6.20 Å². The van der Waals surface area contributed by atoms with Gasteiger partial charge in [0.05, 0.1) is 6.04 Å². The van der Waals surface area contributed by atoms with E-state index in [2.05, 4.69) is 34.1 Å². The maximum atomic E-state index is 4.46. The van der Waals surface area contributed by atoms with E-state index in [1.54, 1.807) is 17.7 Å². The lowest BCUT2D eigenvalue weighted by atomic mass is 10.1. The second-order valence-electron chi connectivity index (χ2n) is 5.38. The molecule has 1 unspecified atom stereocenters. The van der Waals surface area contributed by atoms with Crippen LogP contribution in [0.15, 0.2) is 12.5 Å². The van der Waals surface area contributed by atoms with E-state index in [9.17, 15) is 0 Å². The van der Waals surface area contributed by atoms with E-state index < -0.39 is 0 Å². The molecule has 0 fully saturated rings. The molecule has 1 atom stereocenters. The number of hydrogen-bond acceptors (Lipinski definition) is 5. The SMILES string of the molecule is Cc1cnc(C(C)Nc2ncnc3c2CCCCC3)s1. The van der Waals surface area contributed by atoms with Crippen molar-refractivity contribution in [1.82, 2.24) is 15.0 Å². The molecule has 0 bridgehead atoms. The highest BCUT2D eigenvalue weighted by atomic mass is 32.1. The molecule has 20 heavy (non-hydrogen) atoms. The number of rotatable bonds is 3. The van der Waals surface area contributed by atoms with E-state index >= 15 is 0 Å². The Morgan fingerprint density at radius 3 is 2.80 bits per heavy atom. The van der Waals surface area contributed by atoms with E-state index in [4.69, 9.17) is 0 Å². The van der Waals surface area contributed by atoms with Crippen LogP contribution in [-0.2, 0) is 12.8 Å². The average molecular weight is 288 g/mol. The molecule has 1 aliphatic carbocycles. The molecule has 1 aliphatic rings. The number of thiazole rings is 1. The molecule has 0 saturated carbocycles. The predicted molar refractivity (Wildman–Crippen MR) is 82.2 cm³/mol. The van der Waals surface area contributed by atoms with Gasteiger partial charge < -0.3 is 5.32 Å². The number of fused-ring (bicyclic) bond motifs is 1. The van der Waals surface area contributed by atoms with Crippen LogP contribution < -0.4 is 5.32 Å². The molecule has 3 rings (SSSR count). The number of anilines is 1. The quantitative estimate of drug-likeness (QED) is 0.875. The monoisotopic (exact) mass is 288 g/mol. The summed E-state index contributed by atoms with van der Waals surface area (Å²) in [4.78, 5) is 14.6. The summed E-state index contributed by atoms with van der Waals surface area (Å²) in [6.45, 7) is 4.23. The van der Waals surface area contributed by atoms with Crippen molar-refractivity contribution in [2.24, 2.45) is 0 Å². The van der Waals surface area contributed by atoms with Crippen molar-refractivity contribution in [3.05, 3.63) is 33.7 Å². The molecule has 0 spiro atoms. The third kappa shape index (κ3) is 2.82. The van der Waals surface area contributed by atoms with Gasteiger partial charge in [-0.15, -0.1) is 11.3 Å². The average Bonchev–Trinajstić information content (AvgIpc) is 2.73. The van der Waals surface area contributed by atoms with Crippen LogP contribution in [0, 0.1) is 6.92 Å². The molecule has 0 aliphatic heterocycles. The Morgan fingerprint density at radius 1 is 1.15 bits per heavy atom. The molecule has 5 heteroatoms. The number of aryl methyl sites for hydroxylation is 2. The second-order valence-corrected chi connectivity index (χ2v) is 6.65. The third-order valence-electron chi connectivity index (χ3n) is 3.74. The zero-order valence-electron chi connectivity index (χ0n) is 12.0. The molecule has 4 nitrogen and oxygen atoms in total. The molecule has 0 radical (unpaired) electrons. The lowest BCUT2D eigenvalue weighted by Gasteiger charge is -2.16. The van der Waals surface area contributed by atoms with Crippen LogP contribution >= 0.6 is 11.3 Å². The molecular formula is C15H20N4S. The summed E-state index contributed by atoms with van der Waals surface area (Å²) in [6, 6.07) is 0.191. The van der Waals surface area contributed by atoms with Crippen molar-refractivity contribution in [2.45, 2.75) is 52.0 Å². The van der Waals surface area contributed by atoms with E-state index in [-0.39, 0.29) is 6.04 Å². The first-order chi connectivity index (χ1) is 9.74. The fraction of sp³-hybridized carbons (Fsp3) is 0.533. The van der Waals surface area contributed by atoms with Gasteiger partial charge in [-0.1, -0.05) is 6.42 Å². The number of nitrogens with zero attached hydrogens (tertiary/aromatic N) is 3. The summed E-state index contributed by atoms with van der Waals surface area (Å²) in [5, 5.41) is 4.64. The molecule has 0 amide bonds. The lowest BCUT2D eigenvalue weighted by molar-refractivity contribution is 0.708. The number of nitrogens with one attached hydrogen (secondary N) is 1. The van der Waals surface area contributed by atoms with Gasteiger partial charge in [-0.3, -0.25) is 0 Å². The first kappa shape index (κ1) is 13.5. The van der Waals surface area contributed by atoms with Crippen LogP contribution in [0.3, 0.4) is 0 Å². The van der Waals surface area contributed by atoms with Crippen molar-refractivity contribution in [2.75, 3.05) is 5.32 Å². The molecule has 2 heterocycles. The van der Waals surface area contributed by atoms with Crippen molar-refractivity contribution < 1.29 is 0 Å². The highest BCUT2D eigenvalue weighted by Gasteiger charge is 2.17. The van der Waals surface area contributed by atoms with E-state index in [1.165, 1.54) is 35.4 Å². The fourth-order valence-electron chi connectivity index (χ4n) is 2.66. The van der Waals surface area contributed by atoms with E-state index in [0.29, 0.717) is 0 Å². The van der Waals surface area contributed by atoms with Gasteiger partial charge in [-0.25, -0.2) is 15.0 Å². The molecule has 2 aromatic rings. The van der Waals surface area contributed by atoms with Crippen LogP contribution in [0.5, 0.6) is 0 Å². The van der Waals surface area contributed by atoms with Crippen molar-refractivity contribution >= 4 is 17.2 Å². The van der Waals surface area contributed by atoms with Crippen LogP contribution in [0.2, 0.25) is 0 Å². The van der Waals surface area contributed by atoms with Gasteiger partial charge in [0.1, 0.15) is 17.2 Å². The summed E-state index contributed by atoms with van der Waals surface area (Å²) in [7, 11) is 0. The molecule has 0 aromatic carbocycles. The molecule has 0 saturated heterocycles. The van der Waals surface area contributed by atoms with Gasteiger partial charge in [0, 0.05) is 22.3 Å². The van der Waals surface area contributed by atoms with Crippen LogP contribution in [0.1, 0.15) is 53.4 Å². The highest BCUT2D eigenvalue weighted by Crippen LogP contribution is 2.28. The first-order valence-corrected chi connectivity index (χ1v) is 8.07. The molecule has 1 N–H and O–H groups in total. The summed E-state index contributed by atoms with van der Waals surface area (Å²) in [5.74, 6) is 0.997. The topological polar surface area (TPSA) is 50.7 Å². The van der Waals surface area contributed by atoms with Crippen LogP contribution in [0.4, 0.5) is 5.82 Å². The standard InChI is InChI=1S/C15H20N4S/c1-10-8-16-15(20-10)11(2)19-14-12-6-4-3-5-7-13(12)17-9-18-14/h8-9,11H,3-7H2,1-2H3,(H,17,18,19). The zero-order valence-corrected chi connectivity index (χ0v) is 12.8. The van der Waals surface area contributed by atoms with Gasteiger partial charge in [-0.05, 0) is 39.5 Å². The summed E-state index contributed by atoms with van der Waals surface area (Å²) < 4.78 is 0. The minimum Gasteiger partial charge on any atom is -0.361 e. The van der Waals surface area contributed by atoms with Gasteiger partial charge >= 0.3 is 0 Å². The van der Waals surface area contributed by atoms with E-state index in [0.717, 1.165) is 23.7 Å². The molecular weight excluding hydrogens is 268 g/mol. The third-order valence-corrected chi connectivity index (χ3v) is 4.83. The number of aromatic nitrogens is 3. The normalized spacial score (nSPS) is 16.3. The van der Waals surface area contributed by atoms with Gasteiger partial charge in [-0.2, -0.15) is 0 Å². The largest absolute Gasteiger partial charge is 0.361 e. The maximum absolute atomic E-state index is 4.46. The Bertz CT molecular complexity index is 593. The highest BCUT2D eigenvalue weighted by molar-refractivity contribution is 7.11. The summed E-state index contributed by atoms with van der Waals surface area (Å²) in [6.07, 6.45) is 9.55. The zero-order chi connectivity index (χ0) is 13.9. The Labute approximate surface area is 123 Å². The number of hydrogen-bond donors (Lipinski definition) is 1. The van der Waals surface area contributed by atoms with Gasteiger partial charge in [0.2, 0.25) is 0 Å². The Kier molecular flexibility index (Phi) is 3.96. The van der Waals surface area contributed by atoms with Crippen molar-refractivity contribution in [1.29, 1.82) is 0 Å². The Morgan fingerprint density at radius 2 is 2.00 bits per heavy atom. The second kappa shape index (κ2) is 5.87. The molecule has 106 valence electrons. The van der Waals surface area contributed by atoms with Gasteiger partial charge in [0.15, 0.2) is 0 Å². The summed E-state index contributed by atoms with van der Waals surface area (Å²) >= 11 is 1.74. The lowest BCUT2D eigenvalue weighted by Crippen LogP contribution is -2.11. The summed E-state index contributed by atoms with van der Waals surface area (Å²) in [5.41, 5.74) is 2.53. The van der Waals surface area contributed by atoms with Gasteiger partial charge in [0.25, 0.3) is 0 Å². The molecule has 2 aromatic heterocycles. The van der Waals surface area contributed by atoms with Crippen LogP contribution in [-0.4, -0.2) is 15.0 Å².